The van der Waals surface area contributed by atoms with E-state index in [0.717, 1.165) is 30.9 Å². The summed E-state index contributed by atoms with van der Waals surface area (Å²) in [5, 5.41) is 20.3. The fourth-order valence-electron chi connectivity index (χ4n) is 1.72. The molecule has 2 N–H and O–H groups in total. The number of nitrogens with one attached hydrogen (secondary N) is 1. The van der Waals surface area contributed by atoms with Crippen LogP contribution in [0, 0.1) is 5.41 Å². The lowest BCUT2D eigenvalue weighted by molar-refractivity contribution is 0.219. The number of aromatic nitrogens is 4. The standard InChI is InChI=1S/C10H13N5O/c16-6-10(1-2-10)5-12-8-9-14-13-7-15(9)4-3-11-8/h3-4,7,16H,1-2,5-6H2,(H,11,12). The number of fused-ring (bicyclic) bond motifs is 1. The molecule has 1 aliphatic carbocycles. The molecule has 3 rings (SSSR count). The largest absolute Gasteiger partial charge is 0.396 e. The zero-order valence-electron chi connectivity index (χ0n) is 8.80. The normalized spacial score (nSPS) is 17.6. The Morgan fingerprint density at radius 2 is 2.38 bits per heavy atom. The highest BCUT2D eigenvalue weighted by atomic mass is 16.3. The van der Waals surface area contributed by atoms with E-state index in [1.54, 1.807) is 18.7 Å². The van der Waals surface area contributed by atoms with Gasteiger partial charge in [0.1, 0.15) is 6.33 Å². The fraction of sp³-hybridized carbons (Fsp3) is 0.500. The topological polar surface area (TPSA) is 75.3 Å². The lowest BCUT2D eigenvalue weighted by Gasteiger charge is -2.13. The minimum atomic E-state index is 0.0640. The van der Waals surface area contributed by atoms with E-state index in [0.29, 0.717) is 0 Å². The van der Waals surface area contributed by atoms with Gasteiger partial charge in [0.15, 0.2) is 5.82 Å². The zero-order chi connectivity index (χ0) is 11.0. The molecular formula is C10H13N5O. The van der Waals surface area contributed by atoms with Gasteiger partial charge in [-0.25, -0.2) is 4.98 Å². The summed E-state index contributed by atoms with van der Waals surface area (Å²) in [4.78, 5) is 4.23. The van der Waals surface area contributed by atoms with Crippen molar-refractivity contribution in [2.45, 2.75) is 12.8 Å². The number of aliphatic hydroxyl groups is 1. The van der Waals surface area contributed by atoms with Crippen LogP contribution in [0.3, 0.4) is 0 Å². The van der Waals surface area contributed by atoms with Crippen LogP contribution in [0.5, 0.6) is 0 Å². The summed E-state index contributed by atoms with van der Waals surface area (Å²) < 4.78 is 1.81. The summed E-state index contributed by atoms with van der Waals surface area (Å²) in [5.74, 6) is 0.722. The summed E-state index contributed by atoms with van der Waals surface area (Å²) in [6.07, 6.45) is 7.30. The van der Waals surface area contributed by atoms with Gasteiger partial charge in [-0.2, -0.15) is 0 Å². The highest BCUT2D eigenvalue weighted by Gasteiger charge is 2.41. The van der Waals surface area contributed by atoms with Crippen molar-refractivity contribution >= 4 is 11.5 Å². The van der Waals surface area contributed by atoms with E-state index in [9.17, 15) is 5.11 Å². The van der Waals surface area contributed by atoms with Crippen molar-refractivity contribution in [3.63, 3.8) is 0 Å². The maximum atomic E-state index is 9.21. The highest BCUT2D eigenvalue weighted by molar-refractivity contribution is 5.61. The second-order valence-electron chi connectivity index (χ2n) is 4.35. The Morgan fingerprint density at radius 3 is 3.12 bits per heavy atom. The van der Waals surface area contributed by atoms with Gasteiger partial charge < -0.3 is 10.4 Å². The Hall–Kier alpha value is -1.69. The monoisotopic (exact) mass is 219 g/mol. The van der Waals surface area contributed by atoms with Crippen LogP contribution in [-0.2, 0) is 0 Å². The Balaban J connectivity index is 1.81. The average molecular weight is 219 g/mol. The zero-order valence-corrected chi connectivity index (χ0v) is 8.80. The smallest absolute Gasteiger partial charge is 0.203 e. The summed E-state index contributed by atoms with van der Waals surface area (Å²) in [5.41, 5.74) is 0.783. The molecule has 6 heteroatoms. The fourth-order valence-corrected chi connectivity index (χ4v) is 1.72. The Kier molecular flexibility index (Phi) is 2.03. The molecule has 1 aliphatic rings. The van der Waals surface area contributed by atoms with Gasteiger partial charge in [0.2, 0.25) is 5.65 Å². The molecule has 2 aromatic rings. The van der Waals surface area contributed by atoms with Crippen molar-refractivity contribution in [1.29, 1.82) is 0 Å². The van der Waals surface area contributed by atoms with Gasteiger partial charge in [-0.15, -0.1) is 10.2 Å². The lowest BCUT2D eigenvalue weighted by atomic mass is 10.1. The number of aliphatic hydroxyl groups excluding tert-OH is 1. The Labute approximate surface area is 92.3 Å². The number of nitrogens with zero attached hydrogens (tertiary/aromatic N) is 4. The summed E-state index contributed by atoms with van der Waals surface area (Å²) in [7, 11) is 0. The predicted molar refractivity (Wildman–Crippen MR) is 58.0 cm³/mol. The first-order valence-electron chi connectivity index (χ1n) is 5.32. The van der Waals surface area contributed by atoms with Gasteiger partial charge in [0.25, 0.3) is 0 Å². The van der Waals surface area contributed by atoms with Crippen molar-refractivity contribution in [1.82, 2.24) is 19.6 Å². The van der Waals surface area contributed by atoms with E-state index in [2.05, 4.69) is 20.5 Å². The van der Waals surface area contributed by atoms with Crippen LogP contribution in [-0.4, -0.2) is 37.8 Å². The summed E-state index contributed by atoms with van der Waals surface area (Å²) in [6, 6.07) is 0. The average Bonchev–Trinajstić information content (AvgIpc) is 2.94. The molecule has 0 saturated heterocycles. The molecule has 84 valence electrons. The number of anilines is 1. The Morgan fingerprint density at radius 1 is 1.50 bits per heavy atom. The highest BCUT2D eigenvalue weighted by Crippen LogP contribution is 2.44. The lowest BCUT2D eigenvalue weighted by Crippen LogP contribution is -2.19. The van der Waals surface area contributed by atoms with E-state index >= 15 is 0 Å². The maximum Gasteiger partial charge on any atom is 0.203 e. The molecule has 0 spiro atoms. The van der Waals surface area contributed by atoms with Crippen molar-refractivity contribution < 1.29 is 5.11 Å². The molecule has 1 saturated carbocycles. The van der Waals surface area contributed by atoms with Gasteiger partial charge >= 0.3 is 0 Å². The molecule has 0 aromatic carbocycles. The molecule has 6 nitrogen and oxygen atoms in total. The van der Waals surface area contributed by atoms with E-state index in [-0.39, 0.29) is 12.0 Å². The maximum absolute atomic E-state index is 9.21. The van der Waals surface area contributed by atoms with Crippen molar-refractivity contribution in [3.05, 3.63) is 18.7 Å². The van der Waals surface area contributed by atoms with Crippen LogP contribution < -0.4 is 5.32 Å². The molecule has 0 bridgehead atoms. The SMILES string of the molecule is OCC1(CNc2nccn3cnnc23)CC1. The number of rotatable bonds is 4. The van der Waals surface area contributed by atoms with E-state index in [4.69, 9.17) is 0 Å². The molecular weight excluding hydrogens is 206 g/mol. The second kappa shape index (κ2) is 3.41. The molecule has 1 fully saturated rings. The van der Waals surface area contributed by atoms with E-state index in [1.807, 2.05) is 4.40 Å². The number of hydrogen-bond acceptors (Lipinski definition) is 5. The molecule has 0 radical (unpaired) electrons. The molecule has 0 aliphatic heterocycles. The van der Waals surface area contributed by atoms with Gasteiger partial charge in [-0.3, -0.25) is 4.40 Å². The van der Waals surface area contributed by atoms with Gasteiger partial charge in [-0.1, -0.05) is 0 Å². The van der Waals surface area contributed by atoms with E-state index in [1.165, 1.54) is 0 Å². The van der Waals surface area contributed by atoms with Gasteiger partial charge in [0.05, 0.1) is 6.61 Å². The predicted octanol–water partition coefficient (Wildman–Crippen LogP) is 0.309. The first-order valence-corrected chi connectivity index (χ1v) is 5.32. The molecule has 0 unspecified atom stereocenters. The molecule has 2 heterocycles. The Bertz CT molecular complexity index is 505. The van der Waals surface area contributed by atoms with Crippen molar-refractivity contribution in [2.24, 2.45) is 5.41 Å². The van der Waals surface area contributed by atoms with Crippen LogP contribution in [0.25, 0.3) is 5.65 Å². The van der Waals surface area contributed by atoms with Crippen LogP contribution in [0.4, 0.5) is 5.82 Å². The number of hydrogen-bond donors (Lipinski definition) is 2. The first kappa shape index (κ1) is 9.53. The third-order valence-corrected chi connectivity index (χ3v) is 3.14. The van der Waals surface area contributed by atoms with Gasteiger partial charge in [0, 0.05) is 24.4 Å². The van der Waals surface area contributed by atoms with Crippen LogP contribution >= 0.6 is 0 Å². The molecule has 2 aromatic heterocycles. The first-order chi connectivity index (χ1) is 7.83. The van der Waals surface area contributed by atoms with Crippen molar-refractivity contribution in [2.75, 3.05) is 18.5 Å². The third kappa shape index (κ3) is 1.51. The minimum Gasteiger partial charge on any atom is -0.396 e. The summed E-state index contributed by atoms with van der Waals surface area (Å²) in [6.45, 7) is 0.971. The van der Waals surface area contributed by atoms with Crippen molar-refractivity contribution in [3.8, 4) is 0 Å². The quantitative estimate of drug-likeness (QED) is 0.774. The second-order valence-corrected chi connectivity index (χ2v) is 4.35. The van der Waals surface area contributed by atoms with Crippen LogP contribution in [0.15, 0.2) is 18.7 Å². The van der Waals surface area contributed by atoms with Crippen LogP contribution in [0.2, 0.25) is 0 Å². The molecule has 0 atom stereocenters. The summed E-state index contributed by atoms with van der Waals surface area (Å²) >= 11 is 0. The molecule has 16 heavy (non-hydrogen) atoms. The third-order valence-electron chi connectivity index (χ3n) is 3.14. The van der Waals surface area contributed by atoms with Crippen LogP contribution in [0.1, 0.15) is 12.8 Å². The van der Waals surface area contributed by atoms with E-state index < -0.39 is 0 Å². The molecule has 0 amide bonds. The van der Waals surface area contributed by atoms with Gasteiger partial charge in [-0.05, 0) is 12.8 Å². The minimum absolute atomic E-state index is 0.0640.